The van der Waals surface area contributed by atoms with E-state index in [1.165, 1.54) is 0 Å². The molecular weight excluding hydrogens is 282 g/mol. The summed E-state index contributed by atoms with van der Waals surface area (Å²) < 4.78 is 5.55. The average Bonchev–Trinajstić information content (AvgIpc) is 3.00. The molecule has 1 aromatic rings. The van der Waals surface area contributed by atoms with Gasteiger partial charge in [-0.1, -0.05) is 13.8 Å². The lowest BCUT2D eigenvalue weighted by atomic mass is 10.0. The fourth-order valence-corrected chi connectivity index (χ4v) is 2.69. The maximum Gasteiger partial charge on any atom is 0.246 e. The van der Waals surface area contributed by atoms with Crippen molar-refractivity contribution in [1.29, 1.82) is 5.26 Å². The van der Waals surface area contributed by atoms with E-state index in [2.05, 4.69) is 21.6 Å². The molecule has 22 heavy (non-hydrogen) atoms. The van der Waals surface area contributed by atoms with Crippen molar-refractivity contribution in [3.63, 3.8) is 0 Å². The summed E-state index contributed by atoms with van der Waals surface area (Å²) in [7, 11) is 0. The number of rotatable bonds is 6. The first kappa shape index (κ1) is 16.2. The molecule has 2 heterocycles. The summed E-state index contributed by atoms with van der Waals surface area (Å²) >= 11 is 0. The van der Waals surface area contributed by atoms with Crippen molar-refractivity contribution in [2.24, 2.45) is 5.73 Å². The molecule has 7 nitrogen and oxygen atoms in total. The molecule has 0 radical (unpaired) electrons. The van der Waals surface area contributed by atoms with Crippen molar-refractivity contribution in [2.75, 3.05) is 11.9 Å². The molecule has 2 unspecified atom stereocenters. The number of aryl methyl sites for hydroxylation is 1. The second-order valence-corrected chi connectivity index (χ2v) is 5.28. The molecule has 0 aliphatic carbocycles. The summed E-state index contributed by atoms with van der Waals surface area (Å²) in [4.78, 5) is 11.1. The number of primary amides is 1. The Hall–Kier alpha value is -2.20. The van der Waals surface area contributed by atoms with Gasteiger partial charge in [-0.25, -0.2) is 0 Å². The van der Waals surface area contributed by atoms with Crippen molar-refractivity contribution in [3.05, 3.63) is 16.8 Å². The van der Waals surface area contributed by atoms with Crippen LogP contribution in [0.4, 0.5) is 5.82 Å². The molecule has 3 N–H and O–H groups in total. The Bertz CT molecular complexity index is 596. The van der Waals surface area contributed by atoms with Crippen molar-refractivity contribution in [3.8, 4) is 6.07 Å². The molecule has 1 aliphatic heterocycles. The Morgan fingerprint density at radius 2 is 2.18 bits per heavy atom. The van der Waals surface area contributed by atoms with Gasteiger partial charge < -0.3 is 15.8 Å². The van der Waals surface area contributed by atoms with Gasteiger partial charge in [-0.3, -0.25) is 4.79 Å². The van der Waals surface area contributed by atoms with E-state index < -0.39 is 12.0 Å². The van der Waals surface area contributed by atoms with E-state index in [1.54, 1.807) is 0 Å². The monoisotopic (exact) mass is 303 g/mol. The first-order chi connectivity index (χ1) is 10.6. The predicted molar refractivity (Wildman–Crippen MR) is 81.1 cm³/mol. The Morgan fingerprint density at radius 1 is 1.41 bits per heavy atom. The number of nitriles is 1. The molecule has 2 rings (SSSR count). The van der Waals surface area contributed by atoms with Gasteiger partial charge in [0.25, 0.3) is 0 Å². The number of hydrogen-bond donors (Lipinski definition) is 2. The van der Waals surface area contributed by atoms with Gasteiger partial charge in [-0.15, -0.1) is 5.10 Å². The highest BCUT2D eigenvalue weighted by atomic mass is 16.5. The van der Waals surface area contributed by atoms with E-state index in [0.717, 1.165) is 30.5 Å². The molecule has 1 aliphatic rings. The van der Waals surface area contributed by atoms with Crippen LogP contribution in [-0.2, 0) is 22.4 Å². The Kier molecular flexibility index (Phi) is 5.28. The second kappa shape index (κ2) is 7.18. The summed E-state index contributed by atoms with van der Waals surface area (Å²) in [6, 6.07) is 2.21. The van der Waals surface area contributed by atoms with E-state index in [0.29, 0.717) is 24.3 Å². The molecule has 0 saturated carbocycles. The quantitative estimate of drug-likeness (QED) is 0.807. The molecular formula is C15H21N5O2. The van der Waals surface area contributed by atoms with Gasteiger partial charge in [-0.05, 0) is 31.2 Å². The molecule has 0 spiro atoms. The smallest absolute Gasteiger partial charge is 0.246 e. The maximum atomic E-state index is 11.1. The maximum absolute atomic E-state index is 11.1. The van der Waals surface area contributed by atoms with Crippen LogP contribution >= 0.6 is 0 Å². The molecule has 1 fully saturated rings. The van der Waals surface area contributed by atoms with Crippen LogP contribution < -0.4 is 11.1 Å². The van der Waals surface area contributed by atoms with Crippen LogP contribution in [0.1, 0.15) is 43.5 Å². The first-order valence-corrected chi connectivity index (χ1v) is 7.57. The van der Waals surface area contributed by atoms with Gasteiger partial charge in [0.2, 0.25) is 5.91 Å². The lowest BCUT2D eigenvalue weighted by molar-refractivity contribution is -0.128. The molecule has 2 atom stereocenters. The van der Waals surface area contributed by atoms with Crippen molar-refractivity contribution in [1.82, 2.24) is 10.2 Å². The second-order valence-electron chi connectivity index (χ2n) is 5.28. The first-order valence-electron chi connectivity index (χ1n) is 7.57. The van der Waals surface area contributed by atoms with E-state index in [1.807, 2.05) is 13.8 Å². The Labute approximate surface area is 129 Å². The third kappa shape index (κ3) is 3.34. The highest BCUT2D eigenvalue weighted by molar-refractivity contribution is 5.79. The fourth-order valence-electron chi connectivity index (χ4n) is 2.69. The fraction of sp³-hybridized carbons (Fsp3) is 0.600. The minimum atomic E-state index is -0.512. The van der Waals surface area contributed by atoms with E-state index in [4.69, 9.17) is 10.5 Å². The van der Waals surface area contributed by atoms with Gasteiger partial charge in [0, 0.05) is 6.54 Å². The summed E-state index contributed by atoms with van der Waals surface area (Å²) in [5.41, 5.74) is 7.57. The number of amides is 1. The van der Waals surface area contributed by atoms with Gasteiger partial charge >= 0.3 is 0 Å². The van der Waals surface area contributed by atoms with E-state index in [9.17, 15) is 10.1 Å². The summed E-state index contributed by atoms with van der Waals surface area (Å²) in [5.74, 6) is 0.0447. The number of anilines is 1. The number of nitrogens with zero attached hydrogens (tertiary/aromatic N) is 3. The van der Waals surface area contributed by atoms with E-state index >= 15 is 0 Å². The molecule has 118 valence electrons. The number of hydrogen-bond acceptors (Lipinski definition) is 6. The lowest BCUT2D eigenvalue weighted by Gasteiger charge is -2.15. The number of nitrogens with one attached hydrogen (secondary N) is 1. The minimum absolute atomic E-state index is 0.109. The van der Waals surface area contributed by atoms with Crippen LogP contribution in [-0.4, -0.2) is 34.9 Å². The van der Waals surface area contributed by atoms with Crippen molar-refractivity contribution in [2.45, 2.75) is 51.7 Å². The van der Waals surface area contributed by atoms with Gasteiger partial charge in [0.1, 0.15) is 17.7 Å². The topological polar surface area (TPSA) is 114 Å². The van der Waals surface area contributed by atoms with Gasteiger partial charge in [0.05, 0.1) is 11.8 Å². The average molecular weight is 303 g/mol. The molecule has 1 aromatic heterocycles. The molecule has 7 heteroatoms. The van der Waals surface area contributed by atoms with Crippen LogP contribution in [0.25, 0.3) is 0 Å². The zero-order valence-corrected chi connectivity index (χ0v) is 12.9. The standard InChI is InChI=1S/C15H21N5O2/c1-3-10-11(7-16)15(20-19-12(10)4-2)18-8-9-5-6-13(22-9)14(17)21/h9,13H,3-6,8H2,1-2H3,(H2,17,21)(H,18,20). The normalized spacial score (nSPS) is 20.6. The highest BCUT2D eigenvalue weighted by Crippen LogP contribution is 2.22. The lowest BCUT2D eigenvalue weighted by Crippen LogP contribution is -2.30. The third-order valence-corrected chi connectivity index (χ3v) is 3.88. The highest BCUT2D eigenvalue weighted by Gasteiger charge is 2.29. The molecule has 0 aromatic carbocycles. The Balaban J connectivity index is 2.08. The SMILES string of the molecule is CCc1nnc(NCC2CCC(C(N)=O)O2)c(C#N)c1CC. The van der Waals surface area contributed by atoms with Crippen LogP contribution in [0, 0.1) is 11.3 Å². The van der Waals surface area contributed by atoms with Crippen molar-refractivity contribution < 1.29 is 9.53 Å². The third-order valence-electron chi connectivity index (χ3n) is 3.88. The van der Waals surface area contributed by atoms with Crippen molar-refractivity contribution >= 4 is 11.7 Å². The number of ether oxygens (including phenoxy) is 1. The van der Waals surface area contributed by atoms with Gasteiger partial charge in [0.15, 0.2) is 5.82 Å². The number of aromatic nitrogens is 2. The zero-order valence-electron chi connectivity index (χ0n) is 12.9. The number of carbonyl (C=O) groups excluding carboxylic acids is 1. The predicted octanol–water partition coefficient (Wildman–Crippen LogP) is 0.918. The summed E-state index contributed by atoms with van der Waals surface area (Å²) in [6.07, 6.45) is 2.25. The molecule has 1 amide bonds. The van der Waals surface area contributed by atoms with Crippen LogP contribution in [0.5, 0.6) is 0 Å². The van der Waals surface area contributed by atoms with Crippen LogP contribution in [0.2, 0.25) is 0 Å². The van der Waals surface area contributed by atoms with Crippen LogP contribution in [0.15, 0.2) is 0 Å². The Morgan fingerprint density at radius 3 is 2.73 bits per heavy atom. The van der Waals surface area contributed by atoms with Gasteiger partial charge in [-0.2, -0.15) is 10.4 Å². The number of nitrogens with two attached hydrogens (primary N) is 1. The number of carbonyl (C=O) groups is 1. The largest absolute Gasteiger partial charge is 0.367 e. The minimum Gasteiger partial charge on any atom is -0.367 e. The van der Waals surface area contributed by atoms with Crippen LogP contribution in [0.3, 0.4) is 0 Å². The zero-order chi connectivity index (χ0) is 16.1. The molecule has 0 bridgehead atoms. The molecule has 1 saturated heterocycles. The summed E-state index contributed by atoms with van der Waals surface area (Å²) in [5, 5.41) is 20.8. The van der Waals surface area contributed by atoms with E-state index in [-0.39, 0.29) is 6.10 Å². The summed E-state index contributed by atoms with van der Waals surface area (Å²) in [6.45, 7) is 4.47.